The van der Waals surface area contributed by atoms with Crippen molar-refractivity contribution in [1.82, 2.24) is 0 Å². The summed E-state index contributed by atoms with van der Waals surface area (Å²) in [4.78, 5) is 2.43. The first-order chi connectivity index (χ1) is 9.15. The average molecular weight is 263 g/mol. The molecule has 1 heterocycles. The van der Waals surface area contributed by atoms with Crippen LogP contribution in [0.5, 0.6) is 0 Å². The van der Waals surface area contributed by atoms with Crippen LogP contribution in [0.2, 0.25) is 0 Å². The normalized spacial score (nSPS) is 20.1. The highest BCUT2D eigenvalue weighted by molar-refractivity contribution is 5.61. The molecule has 3 heteroatoms. The second kappa shape index (κ2) is 6.40. The van der Waals surface area contributed by atoms with E-state index in [4.69, 9.17) is 4.74 Å². The lowest BCUT2D eigenvalue weighted by atomic mass is 9.95. The molecule has 1 aromatic carbocycles. The molecule has 1 N–H and O–H groups in total. The largest absolute Gasteiger partial charge is 0.396 e. The SMILES string of the molecule is Cc1cccc(C(C)C)c1N1CCOCC1CCO. The van der Waals surface area contributed by atoms with Crippen molar-refractivity contribution < 1.29 is 9.84 Å². The van der Waals surface area contributed by atoms with Gasteiger partial charge in [0.2, 0.25) is 0 Å². The maximum Gasteiger partial charge on any atom is 0.0671 e. The van der Waals surface area contributed by atoms with Crippen molar-refractivity contribution in [3.05, 3.63) is 29.3 Å². The molecule has 0 aromatic heterocycles. The van der Waals surface area contributed by atoms with Crippen LogP contribution in [0.1, 0.15) is 37.3 Å². The summed E-state index contributed by atoms with van der Waals surface area (Å²) in [5, 5.41) is 9.25. The summed E-state index contributed by atoms with van der Waals surface area (Å²) in [5.74, 6) is 0.507. The molecule has 19 heavy (non-hydrogen) atoms. The van der Waals surface area contributed by atoms with E-state index in [-0.39, 0.29) is 12.6 Å². The Morgan fingerprint density at radius 3 is 2.89 bits per heavy atom. The number of aliphatic hydroxyl groups excluding tert-OH is 1. The number of benzene rings is 1. The number of hydrogen-bond acceptors (Lipinski definition) is 3. The summed E-state index contributed by atoms with van der Waals surface area (Å²) < 4.78 is 5.57. The Bertz CT molecular complexity index is 415. The number of aliphatic hydroxyl groups is 1. The van der Waals surface area contributed by atoms with E-state index in [9.17, 15) is 5.11 Å². The summed E-state index contributed by atoms with van der Waals surface area (Å²) >= 11 is 0. The Labute approximate surface area is 116 Å². The lowest BCUT2D eigenvalue weighted by Crippen LogP contribution is -2.46. The van der Waals surface area contributed by atoms with Crippen molar-refractivity contribution in [2.45, 2.75) is 39.2 Å². The first kappa shape index (κ1) is 14.4. The fourth-order valence-corrected chi connectivity index (χ4v) is 2.88. The predicted molar refractivity (Wildman–Crippen MR) is 78.9 cm³/mol. The molecule has 0 amide bonds. The summed E-state index contributed by atoms with van der Waals surface area (Å²) in [6, 6.07) is 6.82. The van der Waals surface area contributed by atoms with Gasteiger partial charge in [0.25, 0.3) is 0 Å². The lowest BCUT2D eigenvalue weighted by molar-refractivity contribution is 0.0848. The highest BCUT2D eigenvalue weighted by atomic mass is 16.5. The molecular formula is C16H25NO2. The molecule has 0 saturated carbocycles. The number of para-hydroxylation sites is 1. The minimum absolute atomic E-state index is 0.216. The van der Waals surface area contributed by atoms with Gasteiger partial charge in [-0.2, -0.15) is 0 Å². The lowest BCUT2D eigenvalue weighted by Gasteiger charge is -2.39. The number of aryl methyl sites for hydroxylation is 1. The van der Waals surface area contributed by atoms with Crippen LogP contribution in [0.25, 0.3) is 0 Å². The van der Waals surface area contributed by atoms with Gasteiger partial charge in [0.15, 0.2) is 0 Å². The van der Waals surface area contributed by atoms with Gasteiger partial charge >= 0.3 is 0 Å². The van der Waals surface area contributed by atoms with Crippen molar-refractivity contribution in [3.8, 4) is 0 Å². The molecule has 1 aliphatic heterocycles. The third-order valence-corrected chi connectivity index (χ3v) is 3.87. The third kappa shape index (κ3) is 3.10. The van der Waals surface area contributed by atoms with Crippen molar-refractivity contribution in [1.29, 1.82) is 0 Å². The van der Waals surface area contributed by atoms with Gasteiger partial charge in [-0.1, -0.05) is 32.0 Å². The molecule has 0 aliphatic carbocycles. The Kier molecular flexibility index (Phi) is 4.83. The number of ether oxygens (including phenoxy) is 1. The molecule has 1 aliphatic rings. The molecule has 1 unspecified atom stereocenters. The Balaban J connectivity index is 2.37. The summed E-state index contributed by atoms with van der Waals surface area (Å²) in [5.41, 5.74) is 4.06. The minimum atomic E-state index is 0.216. The van der Waals surface area contributed by atoms with Gasteiger partial charge in [-0.25, -0.2) is 0 Å². The van der Waals surface area contributed by atoms with Crippen LogP contribution in [0.3, 0.4) is 0 Å². The maximum absolute atomic E-state index is 9.25. The number of nitrogens with zero attached hydrogens (tertiary/aromatic N) is 1. The van der Waals surface area contributed by atoms with Gasteiger partial charge < -0.3 is 14.7 Å². The van der Waals surface area contributed by atoms with Crippen LogP contribution in [-0.2, 0) is 4.74 Å². The van der Waals surface area contributed by atoms with E-state index < -0.39 is 0 Å². The van der Waals surface area contributed by atoms with Crippen LogP contribution in [0, 0.1) is 6.92 Å². The first-order valence-electron chi connectivity index (χ1n) is 7.20. The van der Waals surface area contributed by atoms with Crippen molar-refractivity contribution in [3.63, 3.8) is 0 Å². The fraction of sp³-hybridized carbons (Fsp3) is 0.625. The van der Waals surface area contributed by atoms with E-state index in [0.717, 1.165) is 19.6 Å². The molecule has 0 radical (unpaired) electrons. The molecule has 0 spiro atoms. The standard InChI is InChI=1S/C16H25NO2/c1-12(2)15-6-4-5-13(3)16(15)17-8-10-19-11-14(17)7-9-18/h4-6,12,14,18H,7-11H2,1-3H3. The van der Waals surface area contributed by atoms with E-state index in [0.29, 0.717) is 12.5 Å². The van der Waals surface area contributed by atoms with Crippen molar-refractivity contribution in [2.75, 3.05) is 31.3 Å². The molecular weight excluding hydrogens is 238 g/mol. The van der Waals surface area contributed by atoms with Gasteiger partial charge in [-0.15, -0.1) is 0 Å². The Morgan fingerprint density at radius 2 is 2.21 bits per heavy atom. The Hall–Kier alpha value is -1.06. The average Bonchev–Trinajstić information content (AvgIpc) is 2.40. The van der Waals surface area contributed by atoms with E-state index in [1.165, 1.54) is 16.8 Å². The zero-order chi connectivity index (χ0) is 13.8. The van der Waals surface area contributed by atoms with E-state index in [1.807, 2.05) is 0 Å². The fourth-order valence-electron chi connectivity index (χ4n) is 2.88. The number of rotatable bonds is 4. The molecule has 1 aromatic rings. The van der Waals surface area contributed by atoms with E-state index in [1.54, 1.807) is 0 Å². The van der Waals surface area contributed by atoms with Gasteiger partial charge in [0.1, 0.15) is 0 Å². The monoisotopic (exact) mass is 263 g/mol. The number of anilines is 1. The topological polar surface area (TPSA) is 32.7 Å². The van der Waals surface area contributed by atoms with Crippen LogP contribution in [0.4, 0.5) is 5.69 Å². The zero-order valence-electron chi connectivity index (χ0n) is 12.2. The quantitative estimate of drug-likeness (QED) is 0.906. The predicted octanol–water partition coefficient (Wildman–Crippen LogP) is 2.71. The van der Waals surface area contributed by atoms with Gasteiger partial charge in [-0.3, -0.25) is 0 Å². The summed E-state index contributed by atoms with van der Waals surface area (Å²) in [6.07, 6.45) is 0.770. The third-order valence-electron chi connectivity index (χ3n) is 3.87. The number of hydrogen-bond donors (Lipinski definition) is 1. The van der Waals surface area contributed by atoms with Crippen LogP contribution in [-0.4, -0.2) is 37.5 Å². The number of morpholine rings is 1. The van der Waals surface area contributed by atoms with Crippen molar-refractivity contribution >= 4 is 5.69 Å². The molecule has 1 saturated heterocycles. The van der Waals surface area contributed by atoms with Gasteiger partial charge in [0.05, 0.1) is 19.3 Å². The summed E-state index contributed by atoms with van der Waals surface area (Å²) in [7, 11) is 0. The molecule has 3 nitrogen and oxygen atoms in total. The second-order valence-corrected chi connectivity index (χ2v) is 5.60. The molecule has 0 bridgehead atoms. The van der Waals surface area contributed by atoms with Crippen LogP contribution in [0.15, 0.2) is 18.2 Å². The molecule has 106 valence electrons. The van der Waals surface area contributed by atoms with Gasteiger partial charge in [-0.05, 0) is 30.4 Å². The molecule has 1 fully saturated rings. The van der Waals surface area contributed by atoms with Crippen LogP contribution >= 0.6 is 0 Å². The highest BCUT2D eigenvalue weighted by Crippen LogP contribution is 2.33. The zero-order valence-corrected chi connectivity index (χ0v) is 12.2. The van der Waals surface area contributed by atoms with E-state index >= 15 is 0 Å². The highest BCUT2D eigenvalue weighted by Gasteiger charge is 2.26. The smallest absolute Gasteiger partial charge is 0.0671 e. The molecule has 1 atom stereocenters. The van der Waals surface area contributed by atoms with E-state index in [2.05, 4.69) is 43.9 Å². The maximum atomic E-state index is 9.25. The minimum Gasteiger partial charge on any atom is -0.396 e. The van der Waals surface area contributed by atoms with Crippen molar-refractivity contribution in [2.24, 2.45) is 0 Å². The van der Waals surface area contributed by atoms with Gasteiger partial charge in [0, 0.05) is 18.8 Å². The summed E-state index contributed by atoms with van der Waals surface area (Å²) in [6.45, 7) is 9.26. The first-order valence-corrected chi connectivity index (χ1v) is 7.20. The second-order valence-electron chi connectivity index (χ2n) is 5.60. The van der Waals surface area contributed by atoms with Crippen LogP contribution < -0.4 is 4.90 Å². The molecule has 2 rings (SSSR count). The Morgan fingerprint density at radius 1 is 1.42 bits per heavy atom.